The van der Waals surface area contributed by atoms with Gasteiger partial charge in [-0.1, -0.05) is 44.7 Å². The first kappa shape index (κ1) is 7.60. The van der Waals surface area contributed by atoms with Crippen molar-refractivity contribution >= 4 is 31.9 Å². The molecular formula is C8H12Br2. The van der Waals surface area contributed by atoms with Gasteiger partial charge >= 0.3 is 0 Å². The Hall–Kier alpha value is 0.960. The van der Waals surface area contributed by atoms with Crippen LogP contribution in [-0.2, 0) is 0 Å². The summed E-state index contributed by atoms with van der Waals surface area (Å²) in [6.07, 6.45) is 5.81. The van der Waals surface area contributed by atoms with Crippen molar-refractivity contribution in [1.82, 2.24) is 0 Å². The van der Waals surface area contributed by atoms with Crippen LogP contribution in [0.2, 0.25) is 0 Å². The molecule has 0 bridgehead atoms. The highest BCUT2D eigenvalue weighted by atomic mass is 79.9. The van der Waals surface area contributed by atoms with Crippen LogP contribution < -0.4 is 0 Å². The number of rotatable bonds is 0. The van der Waals surface area contributed by atoms with E-state index in [-0.39, 0.29) is 0 Å². The molecule has 58 valence electrons. The van der Waals surface area contributed by atoms with E-state index >= 15 is 0 Å². The van der Waals surface area contributed by atoms with E-state index in [2.05, 4.69) is 31.9 Å². The average molecular weight is 268 g/mol. The van der Waals surface area contributed by atoms with Gasteiger partial charge in [0.2, 0.25) is 0 Å². The van der Waals surface area contributed by atoms with Gasteiger partial charge in [0, 0.05) is 9.65 Å². The van der Waals surface area contributed by atoms with Crippen molar-refractivity contribution in [2.45, 2.75) is 35.3 Å². The molecule has 0 radical (unpaired) electrons. The molecule has 0 saturated heterocycles. The molecule has 10 heavy (non-hydrogen) atoms. The lowest BCUT2D eigenvalue weighted by Crippen LogP contribution is -2.13. The Morgan fingerprint density at radius 1 is 1.10 bits per heavy atom. The summed E-state index contributed by atoms with van der Waals surface area (Å²) in [5, 5.41) is 0. The van der Waals surface area contributed by atoms with Crippen molar-refractivity contribution < 1.29 is 0 Å². The van der Waals surface area contributed by atoms with E-state index in [1.54, 1.807) is 0 Å². The lowest BCUT2D eigenvalue weighted by Gasteiger charge is -2.12. The molecule has 2 rings (SSSR count). The lowest BCUT2D eigenvalue weighted by molar-refractivity contribution is 0.465. The fourth-order valence-electron chi connectivity index (χ4n) is 2.46. The maximum Gasteiger partial charge on any atom is 0.0302 e. The fourth-order valence-corrected chi connectivity index (χ4v) is 4.25. The third-order valence-corrected chi connectivity index (χ3v) is 5.97. The Bertz CT molecular complexity index is 133. The first-order valence-electron chi connectivity index (χ1n) is 4.07. The predicted octanol–water partition coefficient (Wildman–Crippen LogP) is 3.33. The Morgan fingerprint density at radius 2 is 1.90 bits per heavy atom. The maximum atomic E-state index is 3.76. The molecule has 2 fully saturated rings. The van der Waals surface area contributed by atoms with Crippen LogP contribution in [0, 0.1) is 11.8 Å². The van der Waals surface area contributed by atoms with E-state index in [9.17, 15) is 0 Å². The van der Waals surface area contributed by atoms with Crippen molar-refractivity contribution in [2.75, 3.05) is 0 Å². The van der Waals surface area contributed by atoms with Gasteiger partial charge in [-0.2, -0.15) is 0 Å². The van der Waals surface area contributed by atoms with Gasteiger partial charge in [0.05, 0.1) is 0 Å². The molecular weight excluding hydrogens is 256 g/mol. The van der Waals surface area contributed by atoms with E-state index in [1.807, 2.05) is 0 Å². The standard InChI is InChI=1S/C8H12Br2/c9-7-4-5-2-1-3-6(5)8(7)10/h5-8H,1-4H2/t5-,6-,7+,8+/m1/s1. The Labute approximate surface area is 79.0 Å². The molecule has 2 aliphatic carbocycles. The van der Waals surface area contributed by atoms with Gasteiger partial charge in [-0.3, -0.25) is 0 Å². The molecule has 0 unspecified atom stereocenters. The number of fused-ring (bicyclic) bond motifs is 1. The van der Waals surface area contributed by atoms with Gasteiger partial charge in [0.15, 0.2) is 0 Å². The average Bonchev–Trinajstić information content (AvgIpc) is 2.41. The molecule has 0 aromatic heterocycles. The first-order chi connectivity index (χ1) is 4.79. The van der Waals surface area contributed by atoms with Crippen LogP contribution in [0.3, 0.4) is 0 Å². The fraction of sp³-hybridized carbons (Fsp3) is 1.00. The van der Waals surface area contributed by atoms with Crippen molar-refractivity contribution in [3.05, 3.63) is 0 Å². The van der Waals surface area contributed by atoms with Crippen LogP contribution in [0.5, 0.6) is 0 Å². The molecule has 0 spiro atoms. The third-order valence-electron chi connectivity index (χ3n) is 3.00. The maximum absolute atomic E-state index is 3.76. The number of hydrogen-bond acceptors (Lipinski definition) is 0. The molecule has 2 aliphatic rings. The quantitative estimate of drug-likeness (QED) is 0.591. The normalized spacial score (nSPS) is 53.4. The zero-order valence-corrected chi connectivity index (χ0v) is 9.07. The van der Waals surface area contributed by atoms with Crippen molar-refractivity contribution in [2.24, 2.45) is 11.8 Å². The lowest BCUT2D eigenvalue weighted by atomic mass is 10.0. The SMILES string of the molecule is Br[C@H]1[C@@H]2CCC[C@@H]2C[C@@H]1Br. The molecule has 2 saturated carbocycles. The highest BCUT2D eigenvalue weighted by Crippen LogP contribution is 2.49. The molecule has 4 atom stereocenters. The Balaban J connectivity index is 2.09. The van der Waals surface area contributed by atoms with Crippen LogP contribution >= 0.6 is 31.9 Å². The summed E-state index contributed by atoms with van der Waals surface area (Å²) in [5.74, 6) is 2.03. The summed E-state index contributed by atoms with van der Waals surface area (Å²) >= 11 is 7.48. The van der Waals surface area contributed by atoms with E-state index in [0.717, 1.165) is 21.5 Å². The summed E-state index contributed by atoms with van der Waals surface area (Å²) in [6, 6.07) is 0. The summed E-state index contributed by atoms with van der Waals surface area (Å²) in [5.41, 5.74) is 0. The second kappa shape index (κ2) is 2.78. The highest BCUT2D eigenvalue weighted by molar-refractivity contribution is 9.12. The Morgan fingerprint density at radius 3 is 2.60 bits per heavy atom. The monoisotopic (exact) mass is 266 g/mol. The van der Waals surface area contributed by atoms with Crippen molar-refractivity contribution in [3.63, 3.8) is 0 Å². The summed E-state index contributed by atoms with van der Waals surface area (Å²) in [7, 11) is 0. The summed E-state index contributed by atoms with van der Waals surface area (Å²) in [6.45, 7) is 0. The minimum Gasteiger partial charge on any atom is -0.0878 e. The van der Waals surface area contributed by atoms with Crippen LogP contribution in [0.25, 0.3) is 0 Å². The van der Waals surface area contributed by atoms with E-state index in [1.165, 1.54) is 25.7 Å². The molecule has 0 aromatic carbocycles. The minimum atomic E-state index is 0.753. The smallest absolute Gasteiger partial charge is 0.0302 e. The number of alkyl halides is 2. The van der Waals surface area contributed by atoms with Crippen LogP contribution in [0.15, 0.2) is 0 Å². The zero-order valence-electron chi connectivity index (χ0n) is 5.89. The van der Waals surface area contributed by atoms with E-state index < -0.39 is 0 Å². The first-order valence-corrected chi connectivity index (χ1v) is 5.90. The second-order valence-electron chi connectivity index (χ2n) is 3.55. The van der Waals surface area contributed by atoms with Crippen LogP contribution in [-0.4, -0.2) is 9.65 Å². The molecule has 0 amide bonds. The minimum absolute atomic E-state index is 0.753. The van der Waals surface area contributed by atoms with E-state index in [4.69, 9.17) is 0 Å². The van der Waals surface area contributed by atoms with Crippen LogP contribution in [0.1, 0.15) is 25.7 Å². The largest absolute Gasteiger partial charge is 0.0878 e. The summed E-state index contributed by atoms with van der Waals surface area (Å²) < 4.78 is 0. The second-order valence-corrected chi connectivity index (χ2v) is 5.78. The van der Waals surface area contributed by atoms with Gasteiger partial charge in [-0.25, -0.2) is 0 Å². The van der Waals surface area contributed by atoms with Gasteiger partial charge in [0.1, 0.15) is 0 Å². The van der Waals surface area contributed by atoms with Gasteiger partial charge in [0.25, 0.3) is 0 Å². The molecule has 0 heterocycles. The van der Waals surface area contributed by atoms with Gasteiger partial charge in [-0.05, 0) is 24.7 Å². The van der Waals surface area contributed by atoms with Gasteiger partial charge in [-0.15, -0.1) is 0 Å². The van der Waals surface area contributed by atoms with Gasteiger partial charge < -0.3 is 0 Å². The van der Waals surface area contributed by atoms with Crippen LogP contribution in [0.4, 0.5) is 0 Å². The zero-order chi connectivity index (χ0) is 7.14. The molecule has 0 aromatic rings. The Kier molecular flexibility index (Phi) is 2.11. The van der Waals surface area contributed by atoms with E-state index in [0.29, 0.717) is 0 Å². The summed E-state index contributed by atoms with van der Waals surface area (Å²) in [4.78, 5) is 1.52. The number of hydrogen-bond donors (Lipinski definition) is 0. The third kappa shape index (κ3) is 1.08. The molecule has 0 N–H and O–H groups in total. The molecule has 0 aliphatic heterocycles. The molecule has 2 heteroatoms. The molecule has 0 nitrogen and oxygen atoms in total. The number of halogens is 2. The highest BCUT2D eigenvalue weighted by Gasteiger charge is 2.42. The topological polar surface area (TPSA) is 0 Å². The van der Waals surface area contributed by atoms with Crippen molar-refractivity contribution in [1.29, 1.82) is 0 Å². The predicted molar refractivity (Wildman–Crippen MR) is 50.9 cm³/mol. The van der Waals surface area contributed by atoms with Crippen molar-refractivity contribution in [3.8, 4) is 0 Å².